The maximum Gasteiger partial charge on any atom is 0.277 e. The number of benzene rings is 2. The van der Waals surface area contributed by atoms with Gasteiger partial charge in [0.2, 0.25) is 0 Å². The lowest BCUT2D eigenvalue weighted by Gasteiger charge is -2.30. The highest BCUT2D eigenvalue weighted by Gasteiger charge is 2.29. The van der Waals surface area contributed by atoms with Crippen molar-refractivity contribution in [2.45, 2.75) is 13.0 Å². The number of halogens is 2. The van der Waals surface area contributed by atoms with Crippen molar-refractivity contribution in [2.24, 2.45) is 0 Å². The third-order valence-corrected chi connectivity index (χ3v) is 4.51. The summed E-state index contributed by atoms with van der Waals surface area (Å²) in [7, 11) is 1.62. The molecule has 0 aliphatic carbocycles. The van der Waals surface area contributed by atoms with E-state index in [-0.39, 0.29) is 22.9 Å². The van der Waals surface area contributed by atoms with E-state index in [0.717, 1.165) is 12.1 Å². The van der Waals surface area contributed by atoms with E-state index < -0.39 is 23.6 Å². The van der Waals surface area contributed by atoms with E-state index in [2.05, 4.69) is 10.5 Å². The van der Waals surface area contributed by atoms with Crippen molar-refractivity contribution in [3.05, 3.63) is 59.8 Å². The first-order chi connectivity index (χ1) is 13.8. The highest BCUT2D eigenvalue weighted by molar-refractivity contribution is 6.05. The molecule has 2 aromatic carbocycles. The zero-order chi connectivity index (χ0) is 20.7. The summed E-state index contributed by atoms with van der Waals surface area (Å²) in [5, 5.41) is 6.32. The number of carbonyl (C=O) groups is 2. The number of hydrogen-bond acceptors (Lipinski definition) is 5. The standard InChI is InChI=1S/C20H15F2N3O4/c1-10-20(27)25(2)16-8-12(4-6-17(16)28-10)23-19(26)15-9-18(29-24-15)11-3-5-13(21)14(22)7-11/h3-10H,1-2H3,(H,23,26)/t10-/m0/s1. The summed E-state index contributed by atoms with van der Waals surface area (Å²) in [4.78, 5) is 26.0. The number of hydrogen-bond donors (Lipinski definition) is 1. The molecule has 0 unspecified atom stereocenters. The number of anilines is 2. The van der Waals surface area contributed by atoms with E-state index in [0.29, 0.717) is 17.1 Å². The van der Waals surface area contributed by atoms with Crippen LogP contribution in [0.4, 0.5) is 20.2 Å². The van der Waals surface area contributed by atoms with Gasteiger partial charge in [0.05, 0.1) is 5.69 Å². The fourth-order valence-electron chi connectivity index (χ4n) is 2.95. The number of nitrogens with zero attached hydrogens (tertiary/aromatic N) is 2. The number of aromatic nitrogens is 1. The van der Waals surface area contributed by atoms with Crippen LogP contribution in [0.2, 0.25) is 0 Å². The molecule has 1 aliphatic heterocycles. The van der Waals surface area contributed by atoms with Gasteiger partial charge in [0.15, 0.2) is 29.2 Å². The number of amides is 2. The normalized spacial score (nSPS) is 15.7. The fourth-order valence-corrected chi connectivity index (χ4v) is 2.95. The summed E-state index contributed by atoms with van der Waals surface area (Å²) in [6.45, 7) is 1.66. The predicted molar refractivity (Wildman–Crippen MR) is 99.8 cm³/mol. The number of rotatable bonds is 3. The quantitative estimate of drug-likeness (QED) is 0.727. The van der Waals surface area contributed by atoms with Gasteiger partial charge in [-0.25, -0.2) is 8.78 Å². The maximum absolute atomic E-state index is 13.4. The average molecular weight is 399 g/mol. The number of carbonyl (C=O) groups excluding carboxylic acids is 2. The van der Waals surface area contributed by atoms with Crippen molar-refractivity contribution in [3.63, 3.8) is 0 Å². The van der Waals surface area contributed by atoms with Gasteiger partial charge in [-0.3, -0.25) is 9.59 Å². The van der Waals surface area contributed by atoms with E-state index in [4.69, 9.17) is 9.26 Å². The molecule has 0 saturated carbocycles. The van der Waals surface area contributed by atoms with E-state index >= 15 is 0 Å². The average Bonchev–Trinajstić information content (AvgIpc) is 3.19. The van der Waals surface area contributed by atoms with Gasteiger partial charge in [0.25, 0.3) is 11.8 Å². The Labute approximate surface area is 163 Å². The molecular formula is C20H15F2N3O4. The minimum atomic E-state index is -1.03. The molecule has 9 heteroatoms. The van der Waals surface area contributed by atoms with Gasteiger partial charge < -0.3 is 19.5 Å². The molecular weight excluding hydrogens is 384 g/mol. The van der Waals surface area contributed by atoms with Gasteiger partial charge in [-0.15, -0.1) is 0 Å². The predicted octanol–water partition coefficient (Wildman–Crippen LogP) is 3.62. The van der Waals surface area contributed by atoms with Crippen molar-refractivity contribution in [1.29, 1.82) is 0 Å². The first kappa shape index (κ1) is 18.6. The zero-order valence-corrected chi connectivity index (χ0v) is 15.4. The molecule has 1 atom stereocenters. The van der Waals surface area contributed by atoms with Crippen LogP contribution in [0.25, 0.3) is 11.3 Å². The molecule has 1 aliphatic rings. The molecule has 7 nitrogen and oxygen atoms in total. The summed E-state index contributed by atoms with van der Waals surface area (Å²) < 4.78 is 37.1. The first-order valence-electron chi connectivity index (χ1n) is 8.65. The van der Waals surface area contributed by atoms with Crippen molar-refractivity contribution < 1.29 is 27.6 Å². The Kier molecular flexibility index (Phi) is 4.50. The Morgan fingerprint density at radius 2 is 1.93 bits per heavy atom. The second-order valence-corrected chi connectivity index (χ2v) is 6.50. The first-order valence-corrected chi connectivity index (χ1v) is 8.65. The highest BCUT2D eigenvalue weighted by atomic mass is 19.2. The van der Waals surface area contributed by atoms with Crippen LogP contribution in [0.3, 0.4) is 0 Å². The summed E-state index contributed by atoms with van der Waals surface area (Å²) in [5.41, 5.74) is 1.14. The van der Waals surface area contributed by atoms with Gasteiger partial charge in [0, 0.05) is 24.4 Å². The summed E-state index contributed by atoms with van der Waals surface area (Å²) >= 11 is 0. The van der Waals surface area contributed by atoms with Gasteiger partial charge in [-0.1, -0.05) is 5.16 Å². The lowest BCUT2D eigenvalue weighted by Crippen LogP contribution is -2.41. The van der Waals surface area contributed by atoms with Crippen molar-refractivity contribution in [1.82, 2.24) is 5.16 Å². The molecule has 1 aromatic heterocycles. The minimum Gasteiger partial charge on any atom is -0.479 e. The van der Waals surface area contributed by atoms with Crippen molar-refractivity contribution in [2.75, 3.05) is 17.3 Å². The Morgan fingerprint density at radius 3 is 2.69 bits per heavy atom. The molecule has 2 amide bonds. The number of nitrogens with one attached hydrogen (secondary N) is 1. The topological polar surface area (TPSA) is 84.7 Å². The molecule has 0 saturated heterocycles. The fraction of sp³-hybridized carbons (Fsp3) is 0.150. The van der Waals surface area contributed by atoms with E-state index in [1.165, 1.54) is 17.0 Å². The van der Waals surface area contributed by atoms with Crippen LogP contribution >= 0.6 is 0 Å². The lowest BCUT2D eigenvalue weighted by atomic mass is 10.1. The Morgan fingerprint density at radius 1 is 1.14 bits per heavy atom. The van der Waals surface area contributed by atoms with Crippen LogP contribution in [0.15, 0.2) is 47.0 Å². The maximum atomic E-state index is 13.4. The second-order valence-electron chi connectivity index (χ2n) is 6.50. The SMILES string of the molecule is C[C@@H]1Oc2ccc(NC(=O)c3cc(-c4ccc(F)c(F)c4)on3)cc2N(C)C1=O. The number of ether oxygens (including phenoxy) is 1. The number of fused-ring (bicyclic) bond motifs is 1. The molecule has 1 N–H and O–H groups in total. The summed E-state index contributed by atoms with van der Waals surface area (Å²) in [6.07, 6.45) is -0.585. The molecule has 0 bridgehead atoms. The van der Waals surface area contributed by atoms with Crippen LogP contribution in [0.5, 0.6) is 5.75 Å². The van der Waals surface area contributed by atoms with E-state index in [1.807, 2.05) is 0 Å². The largest absolute Gasteiger partial charge is 0.479 e. The van der Waals surface area contributed by atoms with E-state index in [1.54, 1.807) is 32.2 Å². The lowest BCUT2D eigenvalue weighted by molar-refractivity contribution is -0.125. The Hall–Kier alpha value is -3.75. The summed E-state index contributed by atoms with van der Waals surface area (Å²) in [5.74, 6) is -2.14. The highest BCUT2D eigenvalue weighted by Crippen LogP contribution is 2.35. The molecule has 29 heavy (non-hydrogen) atoms. The zero-order valence-electron chi connectivity index (χ0n) is 15.4. The monoisotopic (exact) mass is 399 g/mol. The van der Waals surface area contributed by atoms with Crippen LogP contribution in [-0.2, 0) is 4.79 Å². The molecule has 4 rings (SSSR count). The van der Waals surface area contributed by atoms with Gasteiger partial charge >= 0.3 is 0 Å². The molecule has 0 fully saturated rings. The van der Waals surface area contributed by atoms with Gasteiger partial charge in [0.1, 0.15) is 5.75 Å². The smallest absolute Gasteiger partial charge is 0.277 e. The van der Waals surface area contributed by atoms with Crippen LogP contribution < -0.4 is 15.0 Å². The van der Waals surface area contributed by atoms with Gasteiger partial charge in [-0.2, -0.15) is 0 Å². The molecule has 0 spiro atoms. The van der Waals surface area contributed by atoms with Crippen LogP contribution in [-0.4, -0.2) is 30.1 Å². The van der Waals surface area contributed by atoms with Crippen LogP contribution in [0, 0.1) is 11.6 Å². The van der Waals surface area contributed by atoms with E-state index in [9.17, 15) is 18.4 Å². The molecule has 0 radical (unpaired) electrons. The minimum absolute atomic E-state index is 0.0447. The third kappa shape index (κ3) is 3.42. The van der Waals surface area contributed by atoms with Crippen molar-refractivity contribution in [3.8, 4) is 17.1 Å². The molecule has 148 valence electrons. The Bertz CT molecular complexity index is 1130. The molecule has 2 heterocycles. The van der Waals surface area contributed by atoms with Crippen LogP contribution in [0.1, 0.15) is 17.4 Å². The van der Waals surface area contributed by atoms with Gasteiger partial charge in [-0.05, 0) is 43.3 Å². The Balaban J connectivity index is 1.54. The third-order valence-electron chi connectivity index (χ3n) is 4.51. The summed E-state index contributed by atoms with van der Waals surface area (Å²) in [6, 6.07) is 9.44. The number of likely N-dealkylation sites (N-methyl/N-ethyl adjacent to an activating group) is 1. The second kappa shape index (κ2) is 7.01. The molecule has 3 aromatic rings. The van der Waals surface area contributed by atoms with Crippen molar-refractivity contribution >= 4 is 23.2 Å².